The Balaban J connectivity index is 1.56. The lowest BCUT2D eigenvalue weighted by atomic mass is 9.51. The van der Waals surface area contributed by atoms with Crippen molar-refractivity contribution in [1.29, 1.82) is 0 Å². The summed E-state index contributed by atoms with van der Waals surface area (Å²) in [4.78, 5) is 0. The van der Waals surface area contributed by atoms with Gasteiger partial charge in [-0.15, -0.1) is 0 Å². The molecule has 4 aromatic carbocycles. The van der Waals surface area contributed by atoms with E-state index >= 15 is 0 Å². The number of rotatable bonds is 0. The van der Waals surface area contributed by atoms with Crippen LogP contribution in [-0.4, -0.2) is 0 Å². The highest BCUT2D eigenvalue weighted by Gasteiger charge is 2.53. The molecule has 2 heteroatoms. The fraction of sp³-hybridized carbons (Fsp3) is 0.143. The van der Waals surface area contributed by atoms with E-state index < -0.39 is 0 Å². The lowest BCUT2D eigenvalue weighted by Gasteiger charge is -2.53. The van der Waals surface area contributed by atoms with E-state index in [0.717, 1.165) is 17.6 Å². The molecular weight excluding hydrogens is 366 g/mol. The fourth-order valence-electron chi connectivity index (χ4n) is 6.65. The zero-order valence-corrected chi connectivity index (χ0v) is 16.4. The second-order valence-electron chi connectivity index (χ2n) is 8.97. The molecule has 0 fully saturated rings. The third-order valence-electron chi connectivity index (χ3n) is 7.75. The quantitative estimate of drug-likeness (QED) is 0.304. The zero-order valence-electron chi connectivity index (χ0n) is 16.4. The van der Waals surface area contributed by atoms with Crippen LogP contribution in [0.4, 0.5) is 11.4 Å². The van der Waals surface area contributed by atoms with Crippen LogP contribution in [0, 0.1) is 0 Å². The van der Waals surface area contributed by atoms with Crippen molar-refractivity contribution in [2.24, 2.45) is 0 Å². The van der Waals surface area contributed by atoms with Crippen LogP contribution in [0.3, 0.4) is 0 Å². The van der Waals surface area contributed by atoms with Crippen molar-refractivity contribution in [1.82, 2.24) is 0 Å². The van der Waals surface area contributed by atoms with Crippen molar-refractivity contribution in [3.63, 3.8) is 0 Å². The number of hydrogen-bond acceptors (Lipinski definition) is 2. The van der Waals surface area contributed by atoms with Gasteiger partial charge < -0.3 is 9.73 Å². The SMILES string of the molecule is c1ccc2c(c1)C1CCC23c2cc4c(cc2Nc2cccc1c23)oc1ccccc14. The highest BCUT2D eigenvalue weighted by molar-refractivity contribution is 6.07. The molecule has 1 N–H and O–H groups in total. The van der Waals surface area contributed by atoms with E-state index in [1.165, 1.54) is 56.4 Å². The van der Waals surface area contributed by atoms with Crippen LogP contribution in [0.2, 0.25) is 0 Å². The summed E-state index contributed by atoms with van der Waals surface area (Å²) in [6.07, 6.45) is 2.37. The summed E-state index contributed by atoms with van der Waals surface area (Å²) >= 11 is 0. The summed E-state index contributed by atoms with van der Waals surface area (Å²) in [5.41, 5.74) is 11.7. The van der Waals surface area contributed by atoms with E-state index in [0.29, 0.717) is 5.92 Å². The Kier molecular flexibility index (Phi) is 2.54. The molecule has 30 heavy (non-hydrogen) atoms. The second kappa shape index (κ2) is 4.96. The smallest absolute Gasteiger partial charge is 0.137 e. The standard InChI is InChI=1S/C28H19NO/c1-3-9-21-17(6-1)16-12-13-28(21)22-14-20-18-7-2-4-11-25(18)30-26(20)15-24(22)29-23-10-5-8-19(16)27(23)28/h1-11,14-16,29H,12-13H2. The van der Waals surface area contributed by atoms with E-state index in [-0.39, 0.29) is 5.41 Å². The molecule has 5 aromatic rings. The maximum absolute atomic E-state index is 6.22. The molecule has 2 bridgehead atoms. The molecule has 2 atom stereocenters. The van der Waals surface area contributed by atoms with Gasteiger partial charge in [0.25, 0.3) is 0 Å². The molecule has 1 aliphatic heterocycles. The number of para-hydroxylation sites is 1. The molecule has 2 unspecified atom stereocenters. The zero-order chi connectivity index (χ0) is 19.4. The number of benzene rings is 4. The van der Waals surface area contributed by atoms with E-state index in [2.05, 4.69) is 78.1 Å². The van der Waals surface area contributed by atoms with Gasteiger partial charge in [0, 0.05) is 39.5 Å². The molecule has 0 amide bonds. The van der Waals surface area contributed by atoms with Gasteiger partial charge in [0.2, 0.25) is 0 Å². The number of hydrogen-bond donors (Lipinski definition) is 1. The van der Waals surface area contributed by atoms with Crippen molar-refractivity contribution in [3.05, 3.63) is 107 Å². The summed E-state index contributed by atoms with van der Waals surface area (Å²) < 4.78 is 6.22. The largest absolute Gasteiger partial charge is 0.456 e. The van der Waals surface area contributed by atoms with E-state index in [4.69, 9.17) is 4.42 Å². The van der Waals surface area contributed by atoms with Crippen LogP contribution < -0.4 is 5.32 Å². The molecule has 0 radical (unpaired) electrons. The van der Waals surface area contributed by atoms with E-state index in [9.17, 15) is 0 Å². The second-order valence-corrected chi connectivity index (χ2v) is 8.97. The summed E-state index contributed by atoms with van der Waals surface area (Å²) in [7, 11) is 0. The summed E-state index contributed by atoms with van der Waals surface area (Å²) in [6, 6.07) is 29.0. The molecule has 3 aliphatic carbocycles. The van der Waals surface area contributed by atoms with Crippen LogP contribution in [-0.2, 0) is 5.41 Å². The minimum absolute atomic E-state index is 0.0790. The fourth-order valence-corrected chi connectivity index (χ4v) is 6.65. The van der Waals surface area contributed by atoms with Crippen LogP contribution in [0.5, 0.6) is 0 Å². The molecule has 0 saturated carbocycles. The van der Waals surface area contributed by atoms with E-state index in [1.807, 2.05) is 6.07 Å². The van der Waals surface area contributed by atoms with Crippen LogP contribution in [0.15, 0.2) is 83.3 Å². The van der Waals surface area contributed by atoms with Gasteiger partial charge in [-0.05, 0) is 58.9 Å². The number of furan rings is 1. The van der Waals surface area contributed by atoms with Crippen molar-refractivity contribution in [3.8, 4) is 0 Å². The minimum atomic E-state index is -0.0790. The van der Waals surface area contributed by atoms with Crippen molar-refractivity contribution in [2.45, 2.75) is 24.2 Å². The Morgan fingerprint density at radius 2 is 1.60 bits per heavy atom. The van der Waals surface area contributed by atoms with Gasteiger partial charge in [-0.3, -0.25) is 0 Å². The number of nitrogens with one attached hydrogen (secondary N) is 1. The predicted molar refractivity (Wildman–Crippen MR) is 121 cm³/mol. The minimum Gasteiger partial charge on any atom is -0.456 e. The first-order chi connectivity index (χ1) is 14.8. The monoisotopic (exact) mass is 385 g/mol. The molecule has 2 nitrogen and oxygen atoms in total. The highest BCUT2D eigenvalue weighted by atomic mass is 16.3. The molecule has 2 heterocycles. The Labute approximate surface area is 174 Å². The topological polar surface area (TPSA) is 25.2 Å². The van der Waals surface area contributed by atoms with Crippen LogP contribution in [0.1, 0.15) is 46.6 Å². The molecule has 0 saturated heterocycles. The lowest BCUT2D eigenvalue weighted by molar-refractivity contribution is 0.427. The molecular formula is C28H19NO. The highest BCUT2D eigenvalue weighted by Crippen LogP contribution is 2.64. The summed E-state index contributed by atoms with van der Waals surface area (Å²) in [5.74, 6) is 0.514. The van der Waals surface area contributed by atoms with Gasteiger partial charge in [-0.25, -0.2) is 0 Å². The van der Waals surface area contributed by atoms with Gasteiger partial charge in [0.1, 0.15) is 11.2 Å². The molecule has 4 aliphatic rings. The first-order valence-electron chi connectivity index (χ1n) is 10.8. The molecule has 9 rings (SSSR count). The summed E-state index contributed by atoms with van der Waals surface area (Å²) in [6.45, 7) is 0. The number of anilines is 2. The summed E-state index contributed by atoms with van der Waals surface area (Å²) in [5, 5.41) is 6.18. The normalized spacial score (nSPS) is 22.5. The van der Waals surface area contributed by atoms with Crippen molar-refractivity contribution in [2.75, 3.05) is 5.32 Å². The van der Waals surface area contributed by atoms with E-state index in [1.54, 1.807) is 0 Å². The van der Waals surface area contributed by atoms with Gasteiger partial charge in [0.05, 0.1) is 0 Å². The van der Waals surface area contributed by atoms with Crippen LogP contribution >= 0.6 is 0 Å². The Morgan fingerprint density at radius 3 is 2.60 bits per heavy atom. The molecule has 142 valence electrons. The first kappa shape index (κ1) is 15.3. The third kappa shape index (κ3) is 1.58. The Hall–Kier alpha value is -3.52. The molecule has 1 aromatic heterocycles. The Morgan fingerprint density at radius 1 is 0.733 bits per heavy atom. The van der Waals surface area contributed by atoms with Crippen molar-refractivity contribution < 1.29 is 4.42 Å². The maximum atomic E-state index is 6.22. The maximum Gasteiger partial charge on any atom is 0.137 e. The third-order valence-corrected chi connectivity index (χ3v) is 7.75. The van der Waals surface area contributed by atoms with Crippen LogP contribution in [0.25, 0.3) is 21.9 Å². The average Bonchev–Trinajstić information content (AvgIpc) is 3.16. The Bertz CT molecular complexity index is 1540. The van der Waals surface area contributed by atoms with Gasteiger partial charge in [0.15, 0.2) is 0 Å². The number of fused-ring (bicyclic) bond motifs is 5. The predicted octanol–water partition coefficient (Wildman–Crippen LogP) is 7.22. The first-order valence-corrected chi connectivity index (χ1v) is 10.8. The average molecular weight is 385 g/mol. The molecule has 1 spiro atoms. The van der Waals surface area contributed by atoms with Crippen molar-refractivity contribution >= 4 is 33.3 Å². The van der Waals surface area contributed by atoms with Gasteiger partial charge >= 0.3 is 0 Å². The lowest BCUT2D eigenvalue weighted by Crippen LogP contribution is -2.43. The van der Waals surface area contributed by atoms with Gasteiger partial charge in [-0.2, -0.15) is 0 Å². The van der Waals surface area contributed by atoms with Gasteiger partial charge in [-0.1, -0.05) is 54.6 Å².